The number of halogens is 4. The molecule has 1 aromatic carbocycles. The first-order valence-corrected chi connectivity index (χ1v) is 35.7. The van der Waals surface area contributed by atoms with Crippen molar-refractivity contribution in [3.05, 3.63) is 156 Å². The van der Waals surface area contributed by atoms with Gasteiger partial charge in [-0.25, -0.2) is 14.4 Å². The minimum absolute atomic E-state index is 0. The predicted molar refractivity (Wildman–Crippen MR) is 376 cm³/mol. The van der Waals surface area contributed by atoms with Crippen molar-refractivity contribution in [2.75, 3.05) is 5.32 Å². The summed E-state index contributed by atoms with van der Waals surface area (Å²) in [7, 11) is -7.16. The van der Waals surface area contributed by atoms with Gasteiger partial charge in [0.15, 0.2) is 0 Å². The Morgan fingerprint density at radius 3 is 1.45 bits per heavy atom. The van der Waals surface area contributed by atoms with Gasteiger partial charge in [-0.2, -0.15) is 82.2 Å². The van der Waals surface area contributed by atoms with Crippen molar-refractivity contribution in [3.63, 3.8) is 0 Å². The van der Waals surface area contributed by atoms with E-state index in [9.17, 15) is 36.0 Å². The molecule has 0 fully saturated rings. The molecule has 0 unspecified atom stereocenters. The van der Waals surface area contributed by atoms with Crippen LogP contribution >= 0.6 is 56.9 Å². The number of amides is 4. The Bertz CT molecular complexity index is 4140. The third kappa shape index (κ3) is 20.4. The number of nitrogens with one attached hydrogen (secondary N) is 6. The third-order valence-corrected chi connectivity index (χ3v) is 19.2. The van der Waals surface area contributed by atoms with Gasteiger partial charge >= 0.3 is 61.4 Å². The summed E-state index contributed by atoms with van der Waals surface area (Å²) >= 11 is 12.4. The van der Waals surface area contributed by atoms with Crippen LogP contribution in [-0.4, -0.2) is 140 Å². The number of thiophene rings is 4. The molecule has 0 radical (unpaired) electrons. The molecule has 23 nitrogen and oxygen atoms in total. The van der Waals surface area contributed by atoms with Gasteiger partial charge in [-0.15, -0.1) is 5.10 Å². The molecule has 4 aliphatic rings. The fraction of sp³-hybridized carbons (Fsp3) is 0.391. The summed E-state index contributed by atoms with van der Waals surface area (Å²) in [6.45, 7) is 20.5. The second kappa shape index (κ2) is 34.0. The van der Waals surface area contributed by atoms with E-state index in [0.29, 0.717) is 41.0 Å². The van der Waals surface area contributed by atoms with Gasteiger partial charge in [-0.05, 0) is 138 Å². The number of H-pyrrole nitrogens is 4. The van der Waals surface area contributed by atoms with Crippen molar-refractivity contribution in [3.8, 4) is 39.7 Å². The zero-order chi connectivity index (χ0) is 68.7. The number of alkyl halides is 3. The molecule has 4 amide bonds. The summed E-state index contributed by atoms with van der Waals surface area (Å²) in [4.78, 5) is 42.3. The van der Waals surface area contributed by atoms with Crippen molar-refractivity contribution in [1.29, 1.82) is 0 Å². The van der Waals surface area contributed by atoms with Crippen molar-refractivity contribution in [2.24, 2.45) is 0 Å². The SMILES string of the molecule is C[C@@H]1Cc2[nH]nc(-c3ccsc3)c2CN1.C[C@@H]1Cc2[nH]nc(-c3ccsc3)c2CN1C(=O)Nc1cccc(Cl)c1.C[C@@H]1Cc2[nH]nc(-c3ccsc3)c2CN1C(=O)OC(C)(C)C.C[C@@H]1Cc2[nH]nc(OS(=O)(=O)C(F)(F)F)c2CN1C(=O)OC(C)(C)C.OB(O)c1ccsc1.[CH3-].[CH3-].[Pd+2]. The summed E-state index contributed by atoms with van der Waals surface area (Å²) in [5.74, 6) is -0.729. The number of anilines is 1. The van der Waals surface area contributed by atoms with Gasteiger partial charge in [0, 0.05) is 139 Å². The number of fused-ring (bicyclic) bond motifs is 4. The fourth-order valence-electron chi connectivity index (χ4n) is 10.5. The topological polar surface area (TPSA) is 302 Å². The molecule has 8 aromatic heterocycles. The van der Waals surface area contributed by atoms with Crippen molar-refractivity contribution < 1.29 is 80.1 Å². The second-order valence-corrected chi connectivity index (χ2v) is 30.0. The zero-order valence-electron chi connectivity index (χ0n) is 55.9. The van der Waals surface area contributed by atoms with Gasteiger partial charge in [-0.3, -0.25) is 20.4 Å². The summed E-state index contributed by atoms with van der Waals surface area (Å²) in [5.41, 5.74) is 8.38. The molecule has 0 aliphatic carbocycles. The van der Waals surface area contributed by atoms with E-state index in [1.165, 1.54) is 33.1 Å². The summed E-state index contributed by atoms with van der Waals surface area (Å²) < 4.78 is 74.6. The molecule has 4 aliphatic heterocycles. The molecule has 0 saturated heterocycles. The number of benzene rings is 1. The van der Waals surface area contributed by atoms with Crippen LogP contribution in [0.2, 0.25) is 5.02 Å². The van der Waals surface area contributed by atoms with E-state index in [0.717, 1.165) is 76.5 Å². The average Bonchev–Trinajstić information content (AvgIpc) is 1.61. The molecular formula is C64H80BClF3N13O10PdS5. The number of carbonyl (C=O) groups excluding carboxylic acids is 3. The Hall–Kier alpha value is -6.89. The van der Waals surface area contributed by atoms with Gasteiger partial charge in [-0.1, -0.05) is 23.7 Å². The zero-order valence-corrected chi connectivity index (χ0v) is 62.3. The predicted octanol–water partition coefficient (Wildman–Crippen LogP) is 13.4. The van der Waals surface area contributed by atoms with E-state index in [1.54, 1.807) is 95.6 Å². The van der Waals surface area contributed by atoms with Crippen LogP contribution in [0.1, 0.15) is 114 Å². The minimum Gasteiger partial charge on any atom is -0.444 e. The van der Waals surface area contributed by atoms with Gasteiger partial charge in [0.1, 0.15) is 11.2 Å². The molecule has 34 heteroatoms. The summed E-state index contributed by atoms with van der Waals surface area (Å²) in [6.07, 6.45) is 1.88. The molecular weight excluding hydrogens is 1480 g/mol. The maximum atomic E-state index is 12.8. The number of hydrogen-bond donors (Lipinski definition) is 8. The number of hydrogen-bond acceptors (Lipinski definition) is 19. The Morgan fingerprint density at radius 2 is 1.03 bits per heavy atom. The maximum absolute atomic E-state index is 12.8. The quantitative estimate of drug-likeness (QED) is 0.0318. The number of ether oxygens (including phenoxy) is 2. The van der Waals surface area contributed by atoms with E-state index in [-0.39, 0.29) is 84.1 Å². The molecule has 98 heavy (non-hydrogen) atoms. The van der Waals surface area contributed by atoms with Crippen LogP contribution in [0, 0.1) is 14.9 Å². The van der Waals surface area contributed by atoms with Crippen LogP contribution in [-0.2, 0) is 91.9 Å². The normalized spacial score (nSPS) is 16.9. The van der Waals surface area contributed by atoms with E-state index in [4.69, 9.17) is 31.1 Å². The maximum Gasteiger partial charge on any atom is 2.00 e. The smallest absolute Gasteiger partial charge is 0.444 e. The Balaban J connectivity index is 0.000000199. The van der Waals surface area contributed by atoms with Crippen LogP contribution in [0.3, 0.4) is 0 Å². The van der Waals surface area contributed by atoms with Gasteiger partial charge in [0.2, 0.25) is 0 Å². The molecule has 532 valence electrons. The molecule has 9 aromatic rings. The van der Waals surface area contributed by atoms with Crippen molar-refractivity contribution in [1.82, 2.24) is 60.8 Å². The Morgan fingerprint density at radius 1 is 0.612 bits per heavy atom. The van der Waals surface area contributed by atoms with Gasteiger partial charge in [0.05, 0.1) is 42.3 Å². The molecule has 8 N–H and O–H groups in total. The van der Waals surface area contributed by atoms with Gasteiger partial charge in [0.25, 0.3) is 5.88 Å². The number of aromatic amines is 4. The van der Waals surface area contributed by atoms with Crippen LogP contribution in [0.5, 0.6) is 5.88 Å². The van der Waals surface area contributed by atoms with Crippen LogP contribution in [0.4, 0.5) is 33.2 Å². The first-order chi connectivity index (χ1) is 44.8. The monoisotopic (exact) mass is 1560 g/mol. The number of aromatic nitrogens is 8. The first kappa shape index (κ1) is 80.1. The Labute approximate surface area is 603 Å². The van der Waals surface area contributed by atoms with E-state index < -0.39 is 45.9 Å². The number of nitrogens with zero attached hydrogens (tertiary/aromatic N) is 7. The summed E-state index contributed by atoms with van der Waals surface area (Å²) in [5, 5.41) is 68.6. The third-order valence-electron chi connectivity index (χ3n) is 15.3. The molecule has 12 heterocycles. The van der Waals surface area contributed by atoms with Gasteiger partial charge < -0.3 is 63.9 Å². The number of urea groups is 1. The number of carbonyl (C=O) groups is 3. The summed E-state index contributed by atoms with van der Waals surface area (Å²) in [6, 6.07) is 15.4. The molecule has 13 rings (SSSR count). The fourth-order valence-corrected chi connectivity index (χ4v) is 13.7. The molecule has 4 atom stereocenters. The molecule has 0 saturated carbocycles. The first-order valence-electron chi connectivity index (χ1n) is 30.1. The van der Waals surface area contributed by atoms with E-state index in [2.05, 4.69) is 102 Å². The van der Waals surface area contributed by atoms with Crippen LogP contribution in [0.25, 0.3) is 33.8 Å². The van der Waals surface area contributed by atoms with Crippen molar-refractivity contribution >= 4 is 104 Å². The largest absolute Gasteiger partial charge is 2.00 e. The molecule has 0 bridgehead atoms. The second-order valence-electron chi connectivity index (χ2n) is 25.0. The Kier molecular flexibility index (Phi) is 27.8. The van der Waals surface area contributed by atoms with Crippen LogP contribution < -0.4 is 20.3 Å². The van der Waals surface area contributed by atoms with E-state index >= 15 is 0 Å². The van der Waals surface area contributed by atoms with Crippen molar-refractivity contribution in [2.45, 2.75) is 162 Å². The average molecular weight is 1560 g/mol. The standard InChI is InChI=1S/C18H17ClN4OS.C16H21N3O2S.C13H18F3N3O5S.C11H13N3S.C4H5BO2S.2CH3.Pd/c1-11-7-16-15(17(22-21-16)12-5-6-25-10-12)9-23(11)18(24)20-14-4-2-3-13(19)8-14;1-10-7-13-12(8-19(10)15(20)21-16(2,3)4)14(18-17-13)11-5-6-22-9-11;1-7-5-9-8(6-19(7)11(20)23-12(2,3)4)10(18-17-9)24-25(21,22)13(14,15)16;1-7-4-10-9(5-12-7)11(14-13-10)8-2-3-15-6-8;6-5(7)4-1-2-8-3-4;;;/h2-6,8,10-11H,7,9H2,1H3,(H,20,24)(H,21,22);5-6,9-10H,7-8H2,1-4H3,(H,17,18);7H,5-6H2,1-4H3,(H,17,18);2-3,6-7,12H,4-5H2,1H3,(H,13,14);1-3,6-7H;2*1H3;/q;;;;;2*-1;+2/t11-;10-;2*7-;;;;/m1111..../s1. The van der Waals surface area contributed by atoms with Crippen LogP contribution in [0.15, 0.2) is 91.6 Å². The minimum atomic E-state index is -5.85. The molecule has 0 spiro atoms. The van der Waals surface area contributed by atoms with E-state index in [1.807, 2.05) is 62.4 Å². The number of rotatable bonds is 7.